The number of rotatable bonds is 4. The van der Waals surface area contributed by atoms with E-state index in [4.69, 9.17) is 19.4 Å². The van der Waals surface area contributed by atoms with Crippen LogP contribution < -0.4 is 0 Å². The first-order valence-corrected chi connectivity index (χ1v) is 23.9. The average molecular weight is 892 g/mol. The van der Waals surface area contributed by atoms with Crippen molar-refractivity contribution >= 4 is 65.6 Å². The first kappa shape index (κ1) is 37.7. The third kappa shape index (κ3) is 4.83. The molecular weight excluding hydrogens is 855 g/mol. The molecule has 2 aliphatic rings. The van der Waals surface area contributed by atoms with Crippen molar-refractivity contribution in [3.05, 3.63) is 247 Å². The Labute approximate surface area is 401 Å². The van der Waals surface area contributed by atoms with E-state index in [2.05, 4.69) is 215 Å². The Morgan fingerprint density at radius 2 is 0.886 bits per heavy atom. The molecule has 0 saturated heterocycles. The van der Waals surface area contributed by atoms with E-state index in [1.807, 2.05) is 18.2 Å². The van der Waals surface area contributed by atoms with Crippen LogP contribution in [0.5, 0.6) is 0 Å². The lowest BCUT2D eigenvalue weighted by Gasteiger charge is -2.30. The topological polar surface area (TPSA) is 61.7 Å². The number of hydrogen-bond donors (Lipinski definition) is 0. The molecule has 0 N–H and O–H groups in total. The molecule has 2 aliphatic carbocycles. The van der Waals surface area contributed by atoms with Crippen LogP contribution in [-0.2, 0) is 5.41 Å². The molecule has 14 aromatic rings. The molecule has 1 spiro atoms. The summed E-state index contributed by atoms with van der Waals surface area (Å²) in [5.74, 6) is 1.63. The first-order valence-electron chi connectivity index (χ1n) is 23.9. The van der Waals surface area contributed by atoms with Crippen LogP contribution in [0.25, 0.3) is 122 Å². The summed E-state index contributed by atoms with van der Waals surface area (Å²) in [6, 6.07) is 80.8. The van der Waals surface area contributed by atoms with Gasteiger partial charge in [0.2, 0.25) is 5.95 Å². The Morgan fingerprint density at radius 3 is 1.60 bits per heavy atom. The maximum atomic E-state index is 6.63. The van der Waals surface area contributed by atoms with Crippen molar-refractivity contribution in [3.63, 3.8) is 0 Å². The lowest BCUT2D eigenvalue weighted by Crippen LogP contribution is -2.25. The molecule has 6 heteroatoms. The number of hydrogen-bond acceptors (Lipinski definition) is 4. The van der Waals surface area contributed by atoms with Crippen LogP contribution in [0.3, 0.4) is 0 Å². The summed E-state index contributed by atoms with van der Waals surface area (Å²) in [5.41, 5.74) is 18.5. The lowest BCUT2D eigenvalue weighted by atomic mass is 9.70. The van der Waals surface area contributed by atoms with Crippen LogP contribution in [0.2, 0.25) is 0 Å². The summed E-state index contributed by atoms with van der Waals surface area (Å²) in [6.45, 7) is 0. The fourth-order valence-electron chi connectivity index (χ4n) is 12.5. The van der Waals surface area contributed by atoms with Gasteiger partial charge in [-0.1, -0.05) is 182 Å². The van der Waals surface area contributed by atoms with Crippen molar-refractivity contribution < 1.29 is 4.42 Å². The average Bonchev–Trinajstić information content (AvgIpc) is 4.22. The van der Waals surface area contributed by atoms with Crippen LogP contribution in [0, 0.1) is 0 Å². The van der Waals surface area contributed by atoms with Gasteiger partial charge in [0.05, 0.1) is 33.0 Å². The van der Waals surface area contributed by atoms with Gasteiger partial charge in [0.15, 0.2) is 11.6 Å². The minimum absolute atomic E-state index is 0.469. The zero-order chi connectivity index (χ0) is 45.7. The van der Waals surface area contributed by atoms with Gasteiger partial charge in [0, 0.05) is 49.1 Å². The molecular formula is C64H37N5O. The van der Waals surface area contributed by atoms with E-state index in [1.165, 1.54) is 60.8 Å². The maximum Gasteiger partial charge on any atom is 0.238 e. The number of furan rings is 1. The van der Waals surface area contributed by atoms with Crippen molar-refractivity contribution in [2.24, 2.45) is 0 Å². The van der Waals surface area contributed by atoms with E-state index >= 15 is 0 Å². The summed E-state index contributed by atoms with van der Waals surface area (Å²) < 4.78 is 11.3. The summed E-state index contributed by atoms with van der Waals surface area (Å²) in [7, 11) is 0. The zero-order valence-electron chi connectivity index (χ0n) is 37.5. The summed E-state index contributed by atoms with van der Waals surface area (Å²) in [6.07, 6.45) is 0. The van der Waals surface area contributed by atoms with Gasteiger partial charge in [-0.05, 0) is 81.4 Å². The second-order valence-corrected chi connectivity index (χ2v) is 18.6. The molecule has 0 bridgehead atoms. The van der Waals surface area contributed by atoms with Gasteiger partial charge in [0.25, 0.3) is 0 Å². The Kier molecular flexibility index (Phi) is 7.45. The molecule has 0 saturated carbocycles. The van der Waals surface area contributed by atoms with E-state index in [0.29, 0.717) is 17.6 Å². The highest BCUT2D eigenvalue weighted by Crippen LogP contribution is 2.64. The van der Waals surface area contributed by atoms with Crippen LogP contribution >= 0.6 is 0 Å². The highest BCUT2D eigenvalue weighted by Gasteiger charge is 2.52. The fourth-order valence-corrected chi connectivity index (χ4v) is 12.5. The molecule has 4 heterocycles. The summed E-state index contributed by atoms with van der Waals surface area (Å²) in [4.78, 5) is 16.2. The third-order valence-electron chi connectivity index (χ3n) is 15.2. The molecule has 16 rings (SSSR count). The van der Waals surface area contributed by atoms with E-state index in [1.54, 1.807) is 0 Å². The highest BCUT2D eigenvalue weighted by atomic mass is 16.3. The molecule has 0 fully saturated rings. The van der Waals surface area contributed by atoms with Gasteiger partial charge >= 0.3 is 0 Å². The smallest absolute Gasteiger partial charge is 0.238 e. The summed E-state index contributed by atoms with van der Waals surface area (Å²) >= 11 is 0. The quantitative estimate of drug-likeness (QED) is 0.177. The second kappa shape index (κ2) is 13.8. The van der Waals surface area contributed by atoms with Gasteiger partial charge in [-0.2, -0.15) is 9.97 Å². The van der Waals surface area contributed by atoms with E-state index in [0.717, 1.165) is 66.1 Å². The van der Waals surface area contributed by atoms with Crippen LogP contribution in [-0.4, -0.2) is 24.1 Å². The van der Waals surface area contributed by atoms with Gasteiger partial charge in [-0.3, -0.25) is 4.57 Å². The molecule has 0 unspecified atom stereocenters. The molecule has 10 aromatic carbocycles. The molecule has 0 aliphatic heterocycles. The van der Waals surface area contributed by atoms with E-state index in [-0.39, 0.29) is 0 Å². The van der Waals surface area contributed by atoms with E-state index in [9.17, 15) is 0 Å². The predicted octanol–water partition coefficient (Wildman–Crippen LogP) is 15.6. The Bertz CT molecular complexity index is 4470. The highest BCUT2D eigenvalue weighted by molar-refractivity contribution is 6.17. The number of para-hydroxylation sites is 5. The van der Waals surface area contributed by atoms with Crippen LogP contribution in [0.15, 0.2) is 229 Å². The molecule has 4 aromatic heterocycles. The maximum absolute atomic E-state index is 6.63. The normalized spacial score (nSPS) is 13.3. The summed E-state index contributed by atoms with van der Waals surface area (Å²) in [5, 5.41) is 6.75. The minimum atomic E-state index is -0.469. The van der Waals surface area contributed by atoms with Crippen molar-refractivity contribution in [1.82, 2.24) is 24.1 Å². The molecule has 0 radical (unpaired) electrons. The molecule has 0 amide bonds. The van der Waals surface area contributed by atoms with Crippen molar-refractivity contribution in [2.75, 3.05) is 0 Å². The Hall–Kier alpha value is -9.39. The lowest BCUT2D eigenvalue weighted by molar-refractivity contribution is 0.669. The monoisotopic (exact) mass is 891 g/mol. The minimum Gasteiger partial charge on any atom is -0.455 e. The molecule has 0 atom stereocenters. The van der Waals surface area contributed by atoms with Crippen molar-refractivity contribution in [2.45, 2.75) is 5.41 Å². The molecule has 70 heavy (non-hydrogen) atoms. The SMILES string of the molecule is c1cc(-c2nc(-c3cccc4c3oc3ccccc34)nc(-n3c4ccccc4c4ccccc43)n2)cc(-n2c3ccccc3c3ccc4c(c32)-c2ccccc2C42c3ccccc3-c3ccccc32)c1. The van der Waals surface area contributed by atoms with Crippen LogP contribution in [0.4, 0.5) is 0 Å². The van der Waals surface area contributed by atoms with Gasteiger partial charge in [-0.25, -0.2) is 4.98 Å². The third-order valence-corrected chi connectivity index (χ3v) is 15.2. The molecule has 324 valence electrons. The van der Waals surface area contributed by atoms with Gasteiger partial charge < -0.3 is 8.98 Å². The Balaban J connectivity index is 0.969. The first-order chi connectivity index (χ1) is 34.7. The number of nitrogens with zero attached hydrogens (tertiary/aromatic N) is 5. The molecule has 6 nitrogen and oxygen atoms in total. The largest absolute Gasteiger partial charge is 0.455 e. The zero-order valence-corrected chi connectivity index (χ0v) is 37.5. The fraction of sp³-hybridized carbons (Fsp3) is 0.0156. The number of benzene rings is 10. The standard InChI is InChI=1S/C64H37N5O/c1-8-28-50-40(19-1)41-20-2-9-29-51(41)64(50)52-30-10-3-25-48(52)58-53(64)36-35-46-44-23-6-11-31-54(44)68(59(46)58)39-18-15-17-38(37-39)61-65-62(49-27-16-26-47-45-24-7-14-34-57(45)70-60(47)49)67-63(66-61)69-55-32-12-4-21-42(55)43-22-5-13-33-56(43)69/h1-37H. The van der Waals surface area contributed by atoms with Gasteiger partial charge in [-0.15, -0.1) is 0 Å². The van der Waals surface area contributed by atoms with Crippen molar-refractivity contribution in [3.8, 4) is 56.7 Å². The van der Waals surface area contributed by atoms with Crippen LogP contribution in [0.1, 0.15) is 22.3 Å². The Morgan fingerprint density at radius 1 is 0.357 bits per heavy atom. The van der Waals surface area contributed by atoms with Crippen molar-refractivity contribution in [1.29, 1.82) is 0 Å². The predicted molar refractivity (Wildman–Crippen MR) is 283 cm³/mol. The van der Waals surface area contributed by atoms with E-state index < -0.39 is 5.41 Å². The number of aromatic nitrogens is 5. The number of fused-ring (bicyclic) bond motifs is 20. The second-order valence-electron chi connectivity index (χ2n) is 18.6. The van der Waals surface area contributed by atoms with Gasteiger partial charge in [0.1, 0.15) is 11.2 Å².